The molecule has 1 aliphatic carbocycles. The van der Waals surface area contributed by atoms with Gasteiger partial charge in [-0.15, -0.1) is 0 Å². The smallest absolute Gasteiger partial charge is 0.249 e. The Kier molecular flexibility index (Phi) is 7.59. The molecular weight excluding hydrogens is 501 g/mol. The van der Waals surface area contributed by atoms with Crippen LogP contribution in [-0.4, -0.2) is 35.3 Å². The second-order valence-electron chi connectivity index (χ2n) is 11.7. The molecule has 1 unspecified atom stereocenters. The van der Waals surface area contributed by atoms with Crippen molar-refractivity contribution in [3.63, 3.8) is 0 Å². The lowest BCUT2D eigenvalue weighted by atomic mass is 9.77. The lowest BCUT2D eigenvalue weighted by molar-refractivity contribution is -0.142. The molecule has 3 aliphatic rings. The molecule has 1 saturated carbocycles. The van der Waals surface area contributed by atoms with Crippen molar-refractivity contribution in [2.75, 3.05) is 18.0 Å². The van der Waals surface area contributed by atoms with Gasteiger partial charge < -0.3 is 15.1 Å². The van der Waals surface area contributed by atoms with Crippen LogP contribution in [0, 0.1) is 17.7 Å². The maximum atomic E-state index is 14.7. The van der Waals surface area contributed by atoms with Gasteiger partial charge in [-0.25, -0.2) is 4.39 Å². The summed E-state index contributed by atoms with van der Waals surface area (Å²) in [5, 5.41) is 3.09. The van der Waals surface area contributed by atoms with E-state index in [2.05, 4.69) is 28.4 Å². The Labute approximate surface area is 236 Å². The minimum absolute atomic E-state index is 0.0765. The van der Waals surface area contributed by atoms with Crippen molar-refractivity contribution in [3.8, 4) is 0 Å². The van der Waals surface area contributed by atoms with Gasteiger partial charge >= 0.3 is 0 Å². The number of nitrogens with one attached hydrogen (secondary N) is 1. The van der Waals surface area contributed by atoms with Crippen LogP contribution in [-0.2, 0) is 29.1 Å². The summed E-state index contributed by atoms with van der Waals surface area (Å²) < 4.78 is 13.7. The minimum Gasteiger partial charge on any atom is -0.352 e. The third-order valence-electron chi connectivity index (χ3n) is 9.34. The Bertz CT molecular complexity index is 1330. The fraction of sp³-hybridized carbons (Fsp3) is 0.412. The van der Waals surface area contributed by atoms with E-state index in [1.165, 1.54) is 17.7 Å². The van der Waals surface area contributed by atoms with E-state index in [0.717, 1.165) is 42.5 Å². The normalized spacial score (nSPS) is 21.4. The molecule has 2 fully saturated rings. The molecular formula is C34H38FN3O2. The number of hydrogen-bond acceptors (Lipinski definition) is 3. The summed E-state index contributed by atoms with van der Waals surface area (Å²) in [4.78, 5) is 32.1. The van der Waals surface area contributed by atoms with Crippen LogP contribution in [0.1, 0.15) is 55.2 Å². The molecule has 5 nitrogen and oxygen atoms in total. The zero-order chi connectivity index (χ0) is 27.5. The highest BCUT2D eigenvalue weighted by Gasteiger charge is 2.56. The monoisotopic (exact) mass is 539 g/mol. The average Bonchev–Trinajstić information content (AvgIpc) is 3.65. The topological polar surface area (TPSA) is 52.7 Å². The van der Waals surface area contributed by atoms with E-state index in [4.69, 9.17) is 0 Å². The number of halogens is 1. The van der Waals surface area contributed by atoms with Crippen molar-refractivity contribution >= 4 is 17.5 Å². The first-order valence-corrected chi connectivity index (χ1v) is 14.8. The van der Waals surface area contributed by atoms with E-state index in [0.29, 0.717) is 45.4 Å². The highest BCUT2D eigenvalue weighted by molar-refractivity contribution is 5.94. The Morgan fingerprint density at radius 1 is 0.825 bits per heavy atom. The number of carbonyl (C=O) groups excluding carboxylic acids is 2. The Balaban J connectivity index is 1.22. The number of benzene rings is 3. The predicted octanol–water partition coefficient (Wildman–Crippen LogP) is 5.87. The van der Waals surface area contributed by atoms with E-state index in [1.807, 2.05) is 53.4 Å². The molecule has 40 heavy (non-hydrogen) atoms. The van der Waals surface area contributed by atoms with E-state index in [9.17, 15) is 14.0 Å². The molecule has 1 N–H and O–H groups in total. The summed E-state index contributed by atoms with van der Waals surface area (Å²) in [5.74, 6) is 0.207. The molecule has 0 spiro atoms. The second kappa shape index (κ2) is 11.4. The van der Waals surface area contributed by atoms with Gasteiger partial charge in [0.25, 0.3) is 0 Å². The maximum absolute atomic E-state index is 14.7. The summed E-state index contributed by atoms with van der Waals surface area (Å²) in [6.07, 6.45) is 6.42. The fourth-order valence-electron chi connectivity index (χ4n) is 7.20. The number of fused-ring (bicyclic) bond motifs is 1. The van der Waals surface area contributed by atoms with Crippen molar-refractivity contribution in [1.29, 1.82) is 0 Å². The van der Waals surface area contributed by atoms with Crippen LogP contribution in [0.3, 0.4) is 0 Å². The first-order chi connectivity index (χ1) is 19.5. The SMILES string of the molecule is O=C(NCc1ccccc1)C1CCN(C(=O)C2(C3CCCC3)Cc3ccccc3N2Cc2ccc(F)cc2)CC1. The summed E-state index contributed by atoms with van der Waals surface area (Å²) in [6.45, 7) is 2.28. The number of hydrogen-bond donors (Lipinski definition) is 1. The molecule has 1 atom stereocenters. The van der Waals surface area contributed by atoms with Gasteiger partial charge in [-0.2, -0.15) is 0 Å². The van der Waals surface area contributed by atoms with E-state index in [1.54, 1.807) is 0 Å². The number of rotatable bonds is 7. The molecule has 1 saturated heterocycles. The van der Waals surface area contributed by atoms with Gasteiger partial charge in [0.2, 0.25) is 11.8 Å². The van der Waals surface area contributed by atoms with Crippen molar-refractivity contribution in [2.24, 2.45) is 11.8 Å². The third-order valence-corrected chi connectivity index (χ3v) is 9.34. The lowest BCUT2D eigenvalue weighted by Crippen LogP contribution is -2.63. The Morgan fingerprint density at radius 2 is 1.50 bits per heavy atom. The molecule has 0 bridgehead atoms. The highest BCUT2D eigenvalue weighted by atomic mass is 19.1. The van der Waals surface area contributed by atoms with Gasteiger partial charge in [-0.05, 0) is 66.5 Å². The molecule has 6 rings (SSSR count). The van der Waals surface area contributed by atoms with Crippen LogP contribution in [0.5, 0.6) is 0 Å². The summed E-state index contributed by atoms with van der Waals surface area (Å²) >= 11 is 0. The van der Waals surface area contributed by atoms with Gasteiger partial charge in [0.1, 0.15) is 11.4 Å². The molecule has 208 valence electrons. The average molecular weight is 540 g/mol. The van der Waals surface area contributed by atoms with Gasteiger partial charge in [-0.1, -0.05) is 73.5 Å². The number of nitrogens with zero attached hydrogens (tertiary/aromatic N) is 2. The highest BCUT2D eigenvalue weighted by Crippen LogP contribution is 2.50. The molecule has 3 aromatic rings. The zero-order valence-electron chi connectivity index (χ0n) is 23.0. The Hall–Kier alpha value is -3.67. The van der Waals surface area contributed by atoms with E-state index in [-0.39, 0.29) is 29.5 Å². The van der Waals surface area contributed by atoms with Crippen molar-refractivity contribution in [2.45, 2.75) is 63.6 Å². The van der Waals surface area contributed by atoms with E-state index < -0.39 is 5.54 Å². The van der Waals surface area contributed by atoms with Crippen LogP contribution in [0.4, 0.5) is 10.1 Å². The number of anilines is 1. The van der Waals surface area contributed by atoms with Crippen LogP contribution >= 0.6 is 0 Å². The van der Waals surface area contributed by atoms with Gasteiger partial charge in [0.05, 0.1) is 0 Å². The third kappa shape index (κ3) is 5.12. The zero-order valence-corrected chi connectivity index (χ0v) is 23.0. The van der Waals surface area contributed by atoms with Gasteiger partial charge in [0.15, 0.2) is 0 Å². The first kappa shape index (κ1) is 26.5. The number of piperidine rings is 1. The molecule has 2 aliphatic heterocycles. The number of likely N-dealkylation sites (tertiary alicyclic amines) is 1. The summed E-state index contributed by atoms with van der Waals surface area (Å²) in [5.41, 5.74) is 3.75. The number of carbonyl (C=O) groups is 2. The van der Waals surface area contributed by atoms with Crippen LogP contribution in [0.25, 0.3) is 0 Å². The largest absolute Gasteiger partial charge is 0.352 e. The number of amides is 2. The molecule has 6 heteroatoms. The standard InChI is InChI=1S/C34H38FN3O2/c35-30-16-14-26(15-17-30)24-38-31-13-7-4-10-28(31)22-34(38,29-11-5-6-12-29)33(40)37-20-18-27(19-21-37)32(39)36-23-25-8-2-1-3-9-25/h1-4,7-10,13-17,27,29H,5-6,11-12,18-24H2,(H,36,39). The van der Waals surface area contributed by atoms with Crippen LogP contribution in [0.15, 0.2) is 78.9 Å². The number of para-hydroxylation sites is 1. The van der Waals surface area contributed by atoms with E-state index >= 15 is 0 Å². The van der Waals surface area contributed by atoms with Crippen molar-refractivity contribution < 1.29 is 14.0 Å². The van der Waals surface area contributed by atoms with Crippen molar-refractivity contribution in [3.05, 3.63) is 101 Å². The molecule has 2 amide bonds. The fourth-order valence-corrected chi connectivity index (χ4v) is 7.20. The van der Waals surface area contributed by atoms with Crippen LogP contribution < -0.4 is 10.2 Å². The lowest BCUT2D eigenvalue weighted by Gasteiger charge is -2.47. The predicted molar refractivity (Wildman–Crippen MR) is 155 cm³/mol. The van der Waals surface area contributed by atoms with Gasteiger partial charge in [-0.3, -0.25) is 9.59 Å². The molecule has 3 aromatic carbocycles. The molecule has 0 radical (unpaired) electrons. The van der Waals surface area contributed by atoms with Crippen LogP contribution in [0.2, 0.25) is 0 Å². The molecule has 0 aromatic heterocycles. The second-order valence-corrected chi connectivity index (χ2v) is 11.7. The maximum Gasteiger partial charge on any atom is 0.249 e. The Morgan fingerprint density at radius 3 is 2.23 bits per heavy atom. The summed E-state index contributed by atoms with van der Waals surface area (Å²) in [6, 6.07) is 25.0. The van der Waals surface area contributed by atoms with Gasteiger partial charge in [0, 0.05) is 44.2 Å². The molecule has 2 heterocycles. The minimum atomic E-state index is -0.656. The summed E-state index contributed by atoms with van der Waals surface area (Å²) in [7, 11) is 0. The quantitative estimate of drug-likeness (QED) is 0.409. The first-order valence-electron chi connectivity index (χ1n) is 14.8. The van der Waals surface area contributed by atoms with Crippen molar-refractivity contribution in [1.82, 2.24) is 10.2 Å².